The molecule has 3 rings (SSSR count). The minimum Gasteiger partial charge on any atom is -0.496 e. The van der Waals surface area contributed by atoms with E-state index in [4.69, 9.17) is 4.74 Å². The highest BCUT2D eigenvalue weighted by molar-refractivity contribution is 5.79. The van der Waals surface area contributed by atoms with Gasteiger partial charge in [0.05, 0.1) is 13.5 Å². The van der Waals surface area contributed by atoms with Gasteiger partial charge in [0.1, 0.15) is 5.75 Å². The average molecular weight is 331 g/mol. The van der Waals surface area contributed by atoms with E-state index in [0.717, 1.165) is 23.8 Å². The number of carbonyl (C=O) groups excluding carboxylic acids is 1. The summed E-state index contributed by atoms with van der Waals surface area (Å²) in [6, 6.07) is 11.7. The first kappa shape index (κ1) is 16.4. The number of para-hydroxylation sites is 1. The Kier molecular flexibility index (Phi) is 4.79. The fourth-order valence-corrected chi connectivity index (χ4v) is 3.20. The molecule has 1 aliphatic heterocycles. The Bertz CT molecular complexity index is 748. The van der Waals surface area contributed by atoms with E-state index in [1.807, 2.05) is 24.3 Å². The first-order chi connectivity index (χ1) is 11.6. The van der Waals surface area contributed by atoms with Crippen molar-refractivity contribution in [3.8, 4) is 5.75 Å². The van der Waals surface area contributed by atoms with Gasteiger partial charge in [0, 0.05) is 24.6 Å². The fourth-order valence-electron chi connectivity index (χ4n) is 3.20. The van der Waals surface area contributed by atoms with E-state index in [-0.39, 0.29) is 23.8 Å². The topological polar surface area (TPSA) is 29.5 Å². The maximum absolute atomic E-state index is 13.7. The largest absolute Gasteiger partial charge is 0.496 e. The first-order valence-electron chi connectivity index (χ1n) is 7.93. The van der Waals surface area contributed by atoms with E-state index >= 15 is 0 Å². The molecule has 0 N–H and O–H groups in total. The summed E-state index contributed by atoms with van der Waals surface area (Å²) < 4.78 is 32.4. The number of benzene rings is 2. The molecule has 1 fully saturated rings. The van der Waals surface area contributed by atoms with Crippen molar-refractivity contribution >= 4 is 5.91 Å². The van der Waals surface area contributed by atoms with Crippen molar-refractivity contribution in [2.45, 2.75) is 18.8 Å². The number of nitrogens with zero attached hydrogens (tertiary/aromatic N) is 1. The Balaban J connectivity index is 1.69. The van der Waals surface area contributed by atoms with Crippen molar-refractivity contribution in [3.63, 3.8) is 0 Å². The van der Waals surface area contributed by atoms with Crippen LogP contribution in [0.4, 0.5) is 8.78 Å². The summed E-state index contributed by atoms with van der Waals surface area (Å²) in [4.78, 5) is 14.1. The lowest BCUT2D eigenvalue weighted by Crippen LogP contribution is -2.30. The van der Waals surface area contributed by atoms with Gasteiger partial charge in [-0.1, -0.05) is 30.3 Å². The molecule has 5 heteroatoms. The summed E-state index contributed by atoms with van der Waals surface area (Å²) in [6.45, 7) is 1.18. The third-order valence-corrected chi connectivity index (χ3v) is 4.49. The first-order valence-corrected chi connectivity index (χ1v) is 7.93. The zero-order valence-electron chi connectivity index (χ0n) is 13.5. The van der Waals surface area contributed by atoms with Gasteiger partial charge >= 0.3 is 0 Å². The molecule has 1 aliphatic rings. The number of likely N-dealkylation sites (tertiary alicyclic amines) is 1. The fraction of sp³-hybridized carbons (Fsp3) is 0.316. The second-order valence-corrected chi connectivity index (χ2v) is 5.96. The number of hydrogen-bond donors (Lipinski definition) is 0. The van der Waals surface area contributed by atoms with Gasteiger partial charge in [-0.05, 0) is 24.1 Å². The smallest absolute Gasteiger partial charge is 0.227 e. The normalized spacial score (nSPS) is 17.1. The maximum Gasteiger partial charge on any atom is 0.227 e. The summed E-state index contributed by atoms with van der Waals surface area (Å²) in [6.07, 6.45) is 0.708. The predicted molar refractivity (Wildman–Crippen MR) is 87.0 cm³/mol. The number of rotatable bonds is 4. The van der Waals surface area contributed by atoms with Crippen LogP contribution in [0, 0.1) is 11.6 Å². The van der Waals surface area contributed by atoms with Gasteiger partial charge in [-0.15, -0.1) is 0 Å². The molecule has 0 radical (unpaired) electrons. The van der Waals surface area contributed by atoms with Gasteiger partial charge in [0.2, 0.25) is 5.91 Å². The number of amides is 1. The van der Waals surface area contributed by atoms with E-state index in [1.54, 1.807) is 12.0 Å². The minimum atomic E-state index is -0.939. The van der Waals surface area contributed by atoms with Crippen LogP contribution in [0.25, 0.3) is 0 Å². The molecule has 1 atom stereocenters. The molecule has 0 unspecified atom stereocenters. The Morgan fingerprint density at radius 1 is 1.21 bits per heavy atom. The SMILES string of the molecule is COc1ccccc1[C@@H]1CCN(C(=O)Cc2cccc(F)c2F)C1. The number of methoxy groups -OCH3 is 1. The zero-order valence-corrected chi connectivity index (χ0v) is 13.5. The van der Waals surface area contributed by atoms with Crippen molar-refractivity contribution < 1.29 is 18.3 Å². The van der Waals surface area contributed by atoms with Crippen LogP contribution in [0.5, 0.6) is 5.75 Å². The molecule has 1 amide bonds. The van der Waals surface area contributed by atoms with Crippen LogP contribution < -0.4 is 4.74 Å². The number of hydrogen-bond acceptors (Lipinski definition) is 2. The van der Waals surface area contributed by atoms with Crippen LogP contribution in [-0.4, -0.2) is 31.0 Å². The van der Waals surface area contributed by atoms with Crippen LogP contribution in [0.3, 0.4) is 0 Å². The average Bonchev–Trinajstić information content (AvgIpc) is 3.09. The quantitative estimate of drug-likeness (QED) is 0.858. The molecule has 2 aromatic carbocycles. The van der Waals surface area contributed by atoms with Gasteiger partial charge in [0.15, 0.2) is 11.6 Å². The molecular weight excluding hydrogens is 312 g/mol. The molecule has 0 aromatic heterocycles. The van der Waals surface area contributed by atoms with E-state index < -0.39 is 11.6 Å². The van der Waals surface area contributed by atoms with Gasteiger partial charge in [0.25, 0.3) is 0 Å². The number of ether oxygens (including phenoxy) is 1. The van der Waals surface area contributed by atoms with Crippen LogP contribution in [0.2, 0.25) is 0 Å². The minimum absolute atomic E-state index is 0.0979. The predicted octanol–water partition coefficient (Wildman–Crippen LogP) is 3.53. The monoisotopic (exact) mass is 331 g/mol. The zero-order chi connectivity index (χ0) is 17.1. The highest BCUT2D eigenvalue weighted by atomic mass is 19.2. The van der Waals surface area contributed by atoms with Crippen LogP contribution in [-0.2, 0) is 11.2 Å². The summed E-state index contributed by atoms with van der Waals surface area (Å²) in [7, 11) is 1.63. The highest BCUT2D eigenvalue weighted by Crippen LogP contribution is 2.33. The standard InChI is InChI=1S/C19H19F2NO2/c1-24-17-8-3-2-6-15(17)14-9-10-22(12-14)18(23)11-13-5-4-7-16(20)19(13)21/h2-8,14H,9-12H2,1H3/t14-/m1/s1. The van der Waals surface area contributed by atoms with Crippen molar-refractivity contribution in [2.24, 2.45) is 0 Å². The van der Waals surface area contributed by atoms with Crippen molar-refractivity contribution in [2.75, 3.05) is 20.2 Å². The second-order valence-electron chi connectivity index (χ2n) is 5.96. The van der Waals surface area contributed by atoms with Gasteiger partial charge in [-0.3, -0.25) is 4.79 Å². The molecule has 0 aliphatic carbocycles. The molecule has 0 bridgehead atoms. The van der Waals surface area contributed by atoms with Crippen LogP contribution in [0.1, 0.15) is 23.5 Å². The molecule has 2 aromatic rings. The summed E-state index contributed by atoms with van der Waals surface area (Å²) in [5.41, 5.74) is 1.17. The van der Waals surface area contributed by atoms with Gasteiger partial charge < -0.3 is 9.64 Å². The second kappa shape index (κ2) is 6.99. The lowest BCUT2D eigenvalue weighted by Gasteiger charge is -2.18. The van der Waals surface area contributed by atoms with Gasteiger partial charge in [-0.25, -0.2) is 8.78 Å². The molecular formula is C19H19F2NO2. The molecule has 0 saturated carbocycles. The highest BCUT2D eigenvalue weighted by Gasteiger charge is 2.29. The third-order valence-electron chi connectivity index (χ3n) is 4.49. The molecule has 0 spiro atoms. The molecule has 1 saturated heterocycles. The third kappa shape index (κ3) is 3.25. The lowest BCUT2D eigenvalue weighted by molar-refractivity contribution is -0.129. The summed E-state index contributed by atoms with van der Waals surface area (Å²) in [5.74, 6) is -1.03. The van der Waals surface area contributed by atoms with Crippen LogP contribution >= 0.6 is 0 Å². The van der Waals surface area contributed by atoms with E-state index in [2.05, 4.69) is 0 Å². The Morgan fingerprint density at radius 2 is 2.00 bits per heavy atom. The molecule has 3 nitrogen and oxygen atoms in total. The van der Waals surface area contributed by atoms with Crippen LogP contribution in [0.15, 0.2) is 42.5 Å². The van der Waals surface area contributed by atoms with E-state index in [1.165, 1.54) is 12.1 Å². The Labute approximate surface area is 139 Å². The van der Waals surface area contributed by atoms with Crippen molar-refractivity contribution in [1.82, 2.24) is 4.90 Å². The summed E-state index contributed by atoms with van der Waals surface area (Å²) >= 11 is 0. The van der Waals surface area contributed by atoms with Crippen molar-refractivity contribution in [3.05, 3.63) is 65.2 Å². The Hall–Kier alpha value is -2.43. The summed E-state index contributed by atoms with van der Waals surface area (Å²) in [5, 5.41) is 0. The van der Waals surface area contributed by atoms with Gasteiger partial charge in [-0.2, -0.15) is 0 Å². The number of carbonyl (C=O) groups is 1. The number of halogens is 2. The van der Waals surface area contributed by atoms with E-state index in [9.17, 15) is 13.6 Å². The van der Waals surface area contributed by atoms with Crippen molar-refractivity contribution in [1.29, 1.82) is 0 Å². The molecule has 1 heterocycles. The molecule has 24 heavy (non-hydrogen) atoms. The van der Waals surface area contributed by atoms with E-state index in [0.29, 0.717) is 13.1 Å². The lowest BCUT2D eigenvalue weighted by atomic mass is 9.97. The maximum atomic E-state index is 13.7. The Morgan fingerprint density at radius 3 is 2.79 bits per heavy atom. The molecule has 126 valence electrons.